The van der Waals surface area contributed by atoms with Crippen LogP contribution in [0.5, 0.6) is 0 Å². The molecule has 1 aromatic carbocycles. The number of aryl methyl sites for hydroxylation is 2. The van der Waals surface area contributed by atoms with E-state index in [0.717, 1.165) is 30.5 Å². The van der Waals surface area contributed by atoms with Crippen LogP contribution >= 0.6 is 11.3 Å². The summed E-state index contributed by atoms with van der Waals surface area (Å²) in [7, 11) is 0. The second-order valence-corrected chi connectivity index (χ2v) is 7.27. The summed E-state index contributed by atoms with van der Waals surface area (Å²) in [5, 5.41) is 11.0. The molecule has 134 valence electrons. The number of benzene rings is 1. The van der Waals surface area contributed by atoms with Gasteiger partial charge in [0.05, 0.1) is 6.04 Å². The van der Waals surface area contributed by atoms with Gasteiger partial charge in [-0.1, -0.05) is 11.2 Å². The van der Waals surface area contributed by atoms with Gasteiger partial charge in [0, 0.05) is 29.5 Å². The fourth-order valence-electron chi connectivity index (χ4n) is 3.34. The van der Waals surface area contributed by atoms with Crippen LogP contribution in [0.25, 0.3) is 11.4 Å². The van der Waals surface area contributed by atoms with Crippen LogP contribution in [-0.2, 0) is 17.6 Å². The molecule has 3 aromatic rings. The van der Waals surface area contributed by atoms with Gasteiger partial charge in [-0.15, -0.1) is 0 Å². The van der Waals surface area contributed by atoms with Crippen molar-refractivity contribution in [1.82, 2.24) is 15.5 Å². The number of aromatic nitrogens is 2. The highest BCUT2D eigenvalue weighted by Gasteiger charge is 2.22. The minimum atomic E-state index is -0.00467. The predicted octanol–water partition coefficient (Wildman–Crippen LogP) is 3.51. The van der Waals surface area contributed by atoms with Gasteiger partial charge in [0.15, 0.2) is 0 Å². The lowest BCUT2D eigenvalue weighted by atomic mass is 9.87. The Morgan fingerprint density at radius 1 is 1.38 bits per heavy atom. The molecule has 1 atom stereocenters. The molecule has 26 heavy (non-hydrogen) atoms. The number of nitrogens with two attached hydrogens (primary N) is 1. The van der Waals surface area contributed by atoms with Crippen molar-refractivity contribution in [2.45, 2.75) is 38.1 Å². The lowest BCUT2D eigenvalue weighted by molar-refractivity contribution is -0.122. The van der Waals surface area contributed by atoms with Gasteiger partial charge < -0.3 is 15.6 Å². The van der Waals surface area contributed by atoms with Gasteiger partial charge in [0.2, 0.25) is 17.6 Å². The first-order chi connectivity index (χ1) is 12.7. The molecule has 3 N–H and O–H groups in total. The fourth-order valence-corrected chi connectivity index (χ4v) is 3.97. The Labute approximate surface area is 155 Å². The smallest absolute Gasteiger partial charge is 0.227 e. The molecule has 0 bridgehead atoms. The minimum Gasteiger partial charge on any atom is -0.399 e. The van der Waals surface area contributed by atoms with Gasteiger partial charge in [-0.05, 0) is 54.0 Å². The molecule has 7 heteroatoms. The molecule has 1 aliphatic carbocycles. The Kier molecular flexibility index (Phi) is 4.71. The van der Waals surface area contributed by atoms with E-state index in [9.17, 15) is 4.79 Å². The largest absolute Gasteiger partial charge is 0.399 e. The standard InChI is InChI=1S/C19H20N4O2S/c20-14-4-5-15-12(10-14)2-1-3-16(15)21-17(24)6-7-18-22-19(23-25-18)13-8-9-26-11-13/h4-5,8-11,16H,1-3,6-7,20H2,(H,21,24). The third kappa shape index (κ3) is 3.62. The van der Waals surface area contributed by atoms with Gasteiger partial charge in [0.25, 0.3) is 0 Å². The summed E-state index contributed by atoms with van der Waals surface area (Å²) in [6.45, 7) is 0. The first kappa shape index (κ1) is 16.8. The average molecular weight is 368 g/mol. The van der Waals surface area contributed by atoms with E-state index in [1.165, 1.54) is 11.1 Å². The monoisotopic (exact) mass is 368 g/mol. The number of nitrogen functional groups attached to an aromatic ring is 1. The molecule has 0 fully saturated rings. The minimum absolute atomic E-state index is 0.00467. The van der Waals surface area contributed by atoms with Gasteiger partial charge in [0.1, 0.15) is 0 Å². The van der Waals surface area contributed by atoms with Crippen LogP contribution in [-0.4, -0.2) is 16.0 Å². The number of thiophene rings is 1. The normalized spacial score (nSPS) is 16.2. The number of fused-ring (bicyclic) bond motifs is 1. The Balaban J connectivity index is 1.35. The van der Waals surface area contributed by atoms with Crippen molar-refractivity contribution in [3.8, 4) is 11.4 Å². The Bertz CT molecular complexity index is 904. The van der Waals surface area contributed by atoms with Crippen LogP contribution in [0.4, 0.5) is 5.69 Å². The molecule has 0 saturated heterocycles. The van der Waals surface area contributed by atoms with Crippen molar-refractivity contribution in [3.05, 3.63) is 52.0 Å². The number of hydrogen-bond acceptors (Lipinski definition) is 6. The number of nitrogens with one attached hydrogen (secondary N) is 1. The first-order valence-corrected chi connectivity index (χ1v) is 9.66. The molecular weight excluding hydrogens is 348 g/mol. The van der Waals surface area contributed by atoms with Gasteiger partial charge in [-0.25, -0.2) is 0 Å². The van der Waals surface area contributed by atoms with E-state index < -0.39 is 0 Å². The zero-order valence-electron chi connectivity index (χ0n) is 14.3. The zero-order valence-corrected chi connectivity index (χ0v) is 15.1. The summed E-state index contributed by atoms with van der Waals surface area (Å²) in [4.78, 5) is 16.7. The van der Waals surface area contributed by atoms with Crippen LogP contribution in [0.2, 0.25) is 0 Å². The van der Waals surface area contributed by atoms with Crippen LogP contribution in [0.1, 0.15) is 42.3 Å². The Hall–Kier alpha value is -2.67. The summed E-state index contributed by atoms with van der Waals surface area (Å²) >= 11 is 1.58. The van der Waals surface area contributed by atoms with Crippen molar-refractivity contribution in [3.63, 3.8) is 0 Å². The molecule has 1 unspecified atom stereocenters. The van der Waals surface area contributed by atoms with E-state index in [2.05, 4.69) is 15.5 Å². The van der Waals surface area contributed by atoms with Crippen molar-refractivity contribution >= 4 is 22.9 Å². The maximum Gasteiger partial charge on any atom is 0.227 e. The third-order valence-electron chi connectivity index (χ3n) is 4.63. The number of amides is 1. The van der Waals surface area contributed by atoms with E-state index in [1.54, 1.807) is 11.3 Å². The highest BCUT2D eigenvalue weighted by molar-refractivity contribution is 7.08. The summed E-state index contributed by atoms with van der Waals surface area (Å²) < 4.78 is 5.25. The molecule has 1 aliphatic rings. The third-order valence-corrected chi connectivity index (χ3v) is 5.31. The van der Waals surface area contributed by atoms with E-state index in [-0.39, 0.29) is 11.9 Å². The number of carbonyl (C=O) groups is 1. The lowest BCUT2D eigenvalue weighted by Gasteiger charge is -2.26. The summed E-state index contributed by atoms with van der Waals surface area (Å²) in [6, 6.07) is 7.93. The summed E-state index contributed by atoms with van der Waals surface area (Å²) in [5.74, 6) is 1.05. The molecule has 0 aliphatic heterocycles. The maximum atomic E-state index is 12.4. The zero-order chi connectivity index (χ0) is 17.9. The number of rotatable bonds is 5. The van der Waals surface area contributed by atoms with E-state index >= 15 is 0 Å². The summed E-state index contributed by atoms with van der Waals surface area (Å²) in [6.07, 6.45) is 3.77. The van der Waals surface area contributed by atoms with Crippen LogP contribution in [0.3, 0.4) is 0 Å². The quantitative estimate of drug-likeness (QED) is 0.672. The second-order valence-electron chi connectivity index (χ2n) is 6.49. The highest BCUT2D eigenvalue weighted by atomic mass is 32.1. The number of hydrogen-bond donors (Lipinski definition) is 2. The Morgan fingerprint density at radius 3 is 3.15 bits per heavy atom. The maximum absolute atomic E-state index is 12.4. The molecule has 0 saturated carbocycles. The molecule has 2 heterocycles. The summed E-state index contributed by atoms with van der Waals surface area (Å²) in [5.41, 5.74) is 9.99. The van der Waals surface area contributed by atoms with E-state index in [4.69, 9.17) is 10.3 Å². The van der Waals surface area contributed by atoms with Crippen LogP contribution < -0.4 is 11.1 Å². The topological polar surface area (TPSA) is 94.0 Å². The average Bonchev–Trinajstić information content (AvgIpc) is 3.31. The second kappa shape index (κ2) is 7.29. The Morgan fingerprint density at radius 2 is 2.31 bits per heavy atom. The SMILES string of the molecule is Nc1ccc2c(c1)CCCC2NC(=O)CCc1nc(-c2ccsc2)no1. The molecule has 0 spiro atoms. The number of nitrogens with zero attached hydrogens (tertiary/aromatic N) is 2. The predicted molar refractivity (Wildman–Crippen MR) is 101 cm³/mol. The molecule has 2 aromatic heterocycles. The van der Waals surface area contributed by atoms with Gasteiger partial charge in [-0.2, -0.15) is 16.3 Å². The van der Waals surface area contributed by atoms with Crippen LogP contribution in [0, 0.1) is 0 Å². The lowest BCUT2D eigenvalue weighted by Crippen LogP contribution is -2.31. The molecule has 0 radical (unpaired) electrons. The van der Waals surface area contributed by atoms with E-state index in [1.807, 2.05) is 35.0 Å². The highest BCUT2D eigenvalue weighted by Crippen LogP contribution is 2.31. The van der Waals surface area contributed by atoms with Crippen molar-refractivity contribution in [1.29, 1.82) is 0 Å². The van der Waals surface area contributed by atoms with Crippen molar-refractivity contribution < 1.29 is 9.32 Å². The fraction of sp³-hybridized carbons (Fsp3) is 0.316. The molecular formula is C19H20N4O2S. The van der Waals surface area contributed by atoms with Gasteiger partial charge in [-0.3, -0.25) is 4.79 Å². The van der Waals surface area contributed by atoms with E-state index in [0.29, 0.717) is 24.6 Å². The molecule has 6 nitrogen and oxygen atoms in total. The van der Waals surface area contributed by atoms with Crippen molar-refractivity contribution in [2.75, 3.05) is 5.73 Å². The van der Waals surface area contributed by atoms with Crippen molar-refractivity contribution in [2.24, 2.45) is 0 Å². The van der Waals surface area contributed by atoms with Crippen LogP contribution in [0.15, 0.2) is 39.5 Å². The number of carbonyl (C=O) groups excluding carboxylic acids is 1. The molecule has 1 amide bonds. The first-order valence-electron chi connectivity index (χ1n) is 8.72. The molecule has 4 rings (SSSR count). The van der Waals surface area contributed by atoms with Gasteiger partial charge >= 0.3 is 0 Å². The number of anilines is 1.